The van der Waals surface area contributed by atoms with Crippen molar-refractivity contribution in [3.63, 3.8) is 0 Å². The van der Waals surface area contributed by atoms with E-state index in [2.05, 4.69) is 10.3 Å². The molecule has 0 spiro atoms. The van der Waals surface area contributed by atoms with Crippen LogP contribution in [0, 0.1) is 6.92 Å². The normalized spacial score (nSPS) is 13.4. The third-order valence-electron chi connectivity index (χ3n) is 5.98. The summed E-state index contributed by atoms with van der Waals surface area (Å²) >= 11 is 0. The minimum atomic E-state index is -0.943. The van der Waals surface area contributed by atoms with Gasteiger partial charge < -0.3 is 20.9 Å². The summed E-state index contributed by atoms with van der Waals surface area (Å²) in [5, 5.41) is 13.0. The van der Waals surface area contributed by atoms with Gasteiger partial charge in [-0.25, -0.2) is 0 Å². The molecule has 1 aromatic heterocycles. The molecule has 0 aliphatic heterocycles. The molecule has 0 bridgehead atoms. The molecule has 0 radical (unpaired) electrons. The number of anilines is 1. The van der Waals surface area contributed by atoms with Gasteiger partial charge in [0.2, 0.25) is 5.91 Å². The highest BCUT2D eigenvalue weighted by Crippen LogP contribution is 2.46. The molecule has 0 saturated heterocycles. The van der Waals surface area contributed by atoms with Crippen molar-refractivity contribution in [2.45, 2.75) is 51.7 Å². The number of pyridine rings is 1. The Morgan fingerprint density at radius 1 is 1.12 bits per heavy atom. The number of amides is 2. The number of nitrogens with two attached hydrogens (primary N) is 1. The van der Waals surface area contributed by atoms with E-state index in [-0.39, 0.29) is 18.4 Å². The number of hydrogen-bond donors (Lipinski definition) is 3. The third kappa shape index (κ3) is 5.26. The summed E-state index contributed by atoms with van der Waals surface area (Å²) in [6.45, 7) is 5.59. The van der Waals surface area contributed by atoms with Gasteiger partial charge in [-0.15, -0.1) is 0 Å². The van der Waals surface area contributed by atoms with Crippen molar-refractivity contribution in [2.24, 2.45) is 5.73 Å². The molecule has 1 fully saturated rings. The van der Waals surface area contributed by atoms with Gasteiger partial charge in [0.1, 0.15) is 12.4 Å². The molecule has 176 valence electrons. The number of hydrogen-bond acceptors (Lipinski definition) is 5. The van der Waals surface area contributed by atoms with Crippen LogP contribution in [0.3, 0.4) is 0 Å². The molecule has 0 atom stereocenters. The molecule has 7 heteroatoms. The summed E-state index contributed by atoms with van der Waals surface area (Å²) < 4.78 is 5.78. The Morgan fingerprint density at radius 2 is 1.82 bits per heavy atom. The number of nitrogens with zero attached hydrogens (tertiary/aromatic N) is 1. The van der Waals surface area contributed by atoms with E-state index in [0.29, 0.717) is 22.6 Å². The van der Waals surface area contributed by atoms with Crippen LogP contribution in [0.2, 0.25) is 0 Å². The summed E-state index contributed by atoms with van der Waals surface area (Å²) in [6.07, 6.45) is 3.60. The van der Waals surface area contributed by atoms with Crippen LogP contribution >= 0.6 is 0 Å². The van der Waals surface area contributed by atoms with Gasteiger partial charge in [-0.2, -0.15) is 0 Å². The van der Waals surface area contributed by atoms with Gasteiger partial charge >= 0.3 is 0 Å². The van der Waals surface area contributed by atoms with Crippen LogP contribution in [0.5, 0.6) is 5.75 Å². The van der Waals surface area contributed by atoms with Gasteiger partial charge in [-0.05, 0) is 87.1 Å². The number of benzene rings is 2. The van der Waals surface area contributed by atoms with Gasteiger partial charge in [-0.3, -0.25) is 14.6 Å². The van der Waals surface area contributed by atoms with Crippen LogP contribution < -0.4 is 15.8 Å². The number of aliphatic hydroxyl groups is 1. The van der Waals surface area contributed by atoms with Gasteiger partial charge in [0.05, 0.1) is 11.3 Å². The van der Waals surface area contributed by atoms with E-state index in [4.69, 9.17) is 10.5 Å². The molecule has 2 amide bonds. The molecule has 3 aromatic rings. The topological polar surface area (TPSA) is 115 Å². The number of ether oxygens (including phenoxy) is 1. The molecule has 1 heterocycles. The summed E-state index contributed by atoms with van der Waals surface area (Å²) in [7, 11) is 0. The zero-order valence-electron chi connectivity index (χ0n) is 19.6. The van der Waals surface area contributed by atoms with Gasteiger partial charge in [0, 0.05) is 28.6 Å². The Morgan fingerprint density at radius 3 is 2.38 bits per heavy atom. The molecular weight excluding hydrogens is 430 g/mol. The van der Waals surface area contributed by atoms with E-state index >= 15 is 0 Å². The van der Waals surface area contributed by atoms with Gasteiger partial charge in [-0.1, -0.05) is 12.1 Å². The van der Waals surface area contributed by atoms with Crippen molar-refractivity contribution in [3.8, 4) is 5.75 Å². The lowest BCUT2D eigenvalue weighted by molar-refractivity contribution is 0.0781. The van der Waals surface area contributed by atoms with Crippen molar-refractivity contribution in [1.82, 2.24) is 4.98 Å². The number of carbonyl (C=O) groups is 2. The van der Waals surface area contributed by atoms with Crippen molar-refractivity contribution in [3.05, 3.63) is 88.2 Å². The average Bonchev–Trinajstić information content (AvgIpc) is 3.64. The fourth-order valence-electron chi connectivity index (χ4n) is 3.82. The van der Waals surface area contributed by atoms with Crippen LogP contribution in [-0.2, 0) is 12.2 Å². The molecule has 4 rings (SSSR count). The summed E-state index contributed by atoms with van der Waals surface area (Å²) in [5.74, 6) is 0.111. The van der Waals surface area contributed by atoms with E-state index in [1.54, 1.807) is 56.4 Å². The zero-order valence-corrected chi connectivity index (χ0v) is 19.6. The van der Waals surface area contributed by atoms with Crippen LogP contribution in [0.15, 0.2) is 54.7 Å². The Labute approximate surface area is 199 Å². The smallest absolute Gasteiger partial charge is 0.255 e. The van der Waals surface area contributed by atoms with Crippen LogP contribution in [0.4, 0.5) is 5.69 Å². The Kier molecular flexibility index (Phi) is 6.39. The SMILES string of the molecule is Cc1ccc(C(N)=O)c(C2CC2)c1NC(=O)c1ccc(OCc2ccc(C(C)(C)O)cn2)cc1. The number of nitrogens with one attached hydrogen (secondary N) is 1. The van der Waals surface area contributed by atoms with E-state index in [0.717, 1.165) is 35.2 Å². The van der Waals surface area contributed by atoms with E-state index in [9.17, 15) is 14.7 Å². The second-order valence-corrected chi connectivity index (χ2v) is 9.22. The maximum Gasteiger partial charge on any atom is 0.255 e. The summed E-state index contributed by atoms with van der Waals surface area (Å²) in [4.78, 5) is 29.2. The van der Waals surface area contributed by atoms with Crippen LogP contribution in [-0.4, -0.2) is 21.9 Å². The highest BCUT2D eigenvalue weighted by molar-refractivity contribution is 6.06. The van der Waals surface area contributed by atoms with Crippen molar-refractivity contribution in [1.29, 1.82) is 0 Å². The zero-order chi connectivity index (χ0) is 24.5. The first-order valence-electron chi connectivity index (χ1n) is 11.3. The Bertz CT molecular complexity index is 1210. The number of carbonyl (C=O) groups excluding carboxylic acids is 2. The minimum Gasteiger partial charge on any atom is -0.487 e. The molecular formula is C27H29N3O4. The average molecular weight is 460 g/mol. The van der Waals surface area contributed by atoms with E-state index < -0.39 is 11.5 Å². The second kappa shape index (κ2) is 9.27. The number of rotatable bonds is 8. The van der Waals surface area contributed by atoms with Gasteiger partial charge in [0.25, 0.3) is 5.91 Å². The van der Waals surface area contributed by atoms with Crippen LogP contribution in [0.25, 0.3) is 0 Å². The lowest BCUT2D eigenvalue weighted by Gasteiger charge is -2.17. The third-order valence-corrected chi connectivity index (χ3v) is 5.98. The highest BCUT2D eigenvalue weighted by atomic mass is 16.5. The molecule has 34 heavy (non-hydrogen) atoms. The van der Waals surface area contributed by atoms with Crippen molar-refractivity contribution >= 4 is 17.5 Å². The second-order valence-electron chi connectivity index (χ2n) is 9.22. The molecule has 4 N–H and O–H groups in total. The molecule has 0 unspecified atom stereocenters. The highest BCUT2D eigenvalue weighted by Gasteiger charge is 2.31. The minimum absolute atomic E-state index is 0.250. The van der Waals surface area contributed by atoms with Crippen LogP contribution in [0.1, 0.15) is 75.7 Å². The molecule has 7 nitrogen and oxygen atoms in total. The summed E-state index contributed by atoms with van der Waals surface area (Å²) in [6, 6.07) is 14.0. The first-order chi connectivity index (χ1) is 16.1. The number of aryl methyl sites for hydroxylation is 1. The van der Waals surface area contributed by atoms with Crippen molar-refractivity contribution < 1.29 is 19.4 Å². The number of aromatic nitrogens is 1. The Hall–Kier alpha value is -3.71. The number of primary amides is 1. The standard InChI is InChI=1S/C27H29N3O4/c1-16-4-13-22(25(28)31)23(17-5-6-17)24(16)30-26(32)18-7-11-21(12-8-18)34-15-20-10-9-19(14-29-20)27(2,3)33/h4,7-14,17,33H,5-6,15H2,1-3H3,(H2,28,31)(H,30,32). The first-order valence-corrected chi connectivity index (χ1v) is 11.3. The van der Waals surface area contributed by atoms with E-state index in [1.807, 2.05) is 19.1 Å². The first kappa shape index (κ1) is 23.4. The molecule has 1 aliphatic carbocycles. The van der Waals surface area contributed by atoms with Crippen molar-refractivity contribution in [2.75, 3.05) is 5.32 Å². The molecule has 1 saturated carbocycles. The maximum absolute atomic E-state index is 12.9. The molecule has 2 aromatic carbocycles. The fraction of sp³-hybridized carbons (Fsp3) is 0.296. The quantitative estimate of drug-likeness (QED) is 0.461. The lowest BCUT2D eigenvalue weighted by Crippen LogP contribution is -2.19. The Balaban J connectivity index is 1.43. The summed E-state index contributed by atoms with van der Waals surface area (Å²) in [5.41, 5.74) is 9.44. The predicted molar refractivity (Wildman–Crippen MR) is 130 cm³/mol. The maximum atomic E-state index is 12.9. The monoisotopic (exact) mass is 459 g/mol. The van der Waals surface area contributed by atoms with E-state index in [1.165, 1.54) is 0 Å². The fourth-order valence-corrected chi connectivity index (χ4v) is 3.82. The molecule has 1 aliphatic rings. The van der Waals surface area contributed by atoms with Gasteiger partial charge in [0.15, 0.2) is 0 Å². The predicted octanol–water partition coefficient (Wildman–Crippen LogP) is 4.43. The largest absolute Gasteiger partial charge is 0.487 e. The lowest BCUT2D eigenvalue weighted by atomic mass is 9.96.